The first-order chi connectivity index (χ1) is 9.68. The zero-order valence-electron chi connectivity index (χ0n) is 13.8. The zero-order valence-corrected chi connectivity index (χ0v) is 13.8. The number of carbonyl (C=O) groups is 1. The second-order valence-corrected chi connectivity index (χ2v) is 6.00. The van der Waals surface area contributed by atoms with E-state index >= 15 is 0 Å². The second kappa shape index (κ2) is 14.8. The quantitative estimate of drug-likeness (QED) is 0.215. The molecule has 0 saturated heterocycles. The predicted octanol–water partition coefficient (Wildman–Crippen LogP) is 4.80. The molecule has 0 aromatic rings. The lowest BCUT2D eigenvalue weighted by Gasteiger charge is -2.09. The maximum atomic E-state index is 11.2. The van der Waals surface area contributed by atoms with Crippen LogP contribution in [0.3, 0.4) is 0 Å². The van der Waals surface area contributed by atoms with Gasteiger partial charge in [0.05, 0.1) is 0 Å². The fraction of sp³-hybridized carbons (Fsp3) is 0.941. The summed E-state index contributed by atoms with van der Waals surface area (Å²) in [6.45, 7) is 2.27. The molecule has 0 unspecified atom stereocenters. The van der Waals surface area contributed by atoms with E-state index in [1.54, 1.807) is 7.05 Å². The molecular formula is C17H36N2O. The summed E-state index contributed by atoms with van der Waals surface area (Å²) < 4.78 is 0. The van der Waals surface area contributed by atoms with E-state index in [2.05, 4.69) is 6.92 Å². The van der Waals surface area contributed by atoms with Crippen LogP contribution in [0.25, 0.3) is 0 Å². The molecule has 0 saturated carbocycles. The summed E-state index contributed by atoms with van der Waals surface area (Å²) in [6.07, 6.45) is 17.9. The highest BCUT2D eigenvalue weighted by Gasteiger charge is 2.02. The minimum absolute atomic E-state index is 0.0491. The molecule has 20 heavy (non-hydrogen) atoms. The summed E-state index contributed by atoms with van der Waals surface area (Å²) in [5, 5.41) is 1.19. The molecule has 0 aliphatic carbocycles. The van der Waals surface area contributed by atoms with Crippen molar-refractivity contribution in [2.24, 2.45) is 5.84 Å². The van der Waals surface area contributed by atoms with Gasteiger partial charge in [-0.15, -0.1) is 0 Å². The Morgan fingerprint density at radius 1 is 0.750 bits per heavy atom. The Bertz CT molecular complexity index is 217. The van der Waals surface area contributed by atoms with Crippen molar-refractivity contribution >= 4 is 5.91 Å². The molecule has 0 aromatic heterocycles. The number of hydrazine groups is 1. The van der Waals surface area contributed by atoms with E-state index in [0.717, 1.165) is 12.8 Å². The van der Waals surface area contributed by atoms with E-state index in [0.29, 0.717) is 6.42 Å². The van der Waals surface area contributed by atoms with Crippen LogP contribution in [0, 0.1) is 0 Å². The lowest BCUT2D eigenvalue weighted by molar-refractivity contribution is -0.130. The molecule has 0 spiro atoms. The normalized spacial score (nSPS) is 10.8. The number of nitrogens with zero attached hydrogens (tertiary/aromatic N) is 1. The standard InChI is InChI=1S/C17H36N2O/c1-3-4-5-6-7-8-9-10-11-12-13-14-15-16-17(20)19(2)18/h3-16,18H2,1-2H3. The largest absolute Gasteiger partial charge is 0.284 e. The second-order valence-electron chi connectivity index (χ2n) is 6.00. The van der Waals surface area contributed by atoms with Crippen molar-refractivity contribution in [2.45, 2.75) is 96.8 Å². The first-order valence-corrected chi connectivity index (χ1v) is 8.69. The fourth-order valence-corrected chi connectivity index (χ4v) is 2.47. The number of carbonyl (C=O) groups excluding carboxylic acids is 1. The number of amides is 1. The van der Waals surface area contributed by atoms with Gasteiger partial charge in [-0.2, -0.15) is 0 Å². The van der Waals surface area contributed by atoms with Gasteiger partial charge in [0.15, 0.2) is 0 Å². The van der Waals surface area contributed by atoms with Crippen molar-refractivity contribution < 1.29 is 4.79 Å². The maximum absolute atomic E-state index is 11.2. The van der Waals surface area contributed by atoms with Crippen LogP contribution in [-0.4, -0.2) is 18.0 Å². The lowest BCUT2D eigenvalue weighted by atomic mass is 10.0. The maximum Gasteiger partial charge on any atom is 0.236 e. The molecule has 0 aromatic carbocycles. The highest BCUT2D eigenvalue weighted by molar-refractivity contribution is 5.75. The van der Waals surface area contributed by atoms with E-state index in [-0.39, 0.29) is 5.91 Å². The highest BCUT2D eigenvalue weighted by atomic mass is 16.2. The molecule has 1 amide bonds. The van der Waals surface area contributed by atoms with Crippen LogP contribution in [0.4, 0.5) is 0 Å². The molecule has 0 radical (unpaired) electrons. The van der Waals surface area contributed by atoms with Gasteiger partial charge in [-0.3, -0.25) is 9.80 Å². The van der Waals surface area contributed by atoms with Gasteiger partial charge < -0.3 is 0 Å². The molecule has 120 valence electrons. The van der Waals surface area contributed by atoms with Crippen molar-refractivity contribution in [2.75, 3.05) is 7.05 Å². The molecular weight excluding hydrogens is 248 g/mol. The zero-order chi connectivity index (χ0) is 15.1. The molecule has 3 nitrogen and oxygen atoms in total. The minimum Gasteiger partial charge on any atom is -0.284 e. The Morgan fingerprint density at radius 2 is 1.10 bits per heavy atom. The van der Waals surface area contributed by atoms with E-state index in [1.807, 2.05) is 0 Å². The Hall–Kier alpha value is -0.570. The number of unbranched alkanes of at least 4 members (excludes halogenated alkanes) is 12. The molecule has 0 aliphatic heterocycles. The molecule has 2 N–H and O–H groups in total. The molecule has 0 bridgehead atoms. The summed E-state index contributed by atoms with van der Waals surface area (Å²) in [4.78, 5) is 11.2. The monoisotopic (exact) mass is 284 g/mol. The molecule has 0 aliphatic rings. The average Bonchev–Trinajstić information content (AvgIpc) is 2.43. The third-order valence-corrected chi connectivity index (χ3v) is 3.89. The summed E-state index contributed by atoms with van der Waals surface area (Å²) in [5.74, 6) is 5.42. The van der Waals surface area contributed by atoms with Gasteiger partial charge in [-0.25, -0.2) is 5.84 Å². The van der Waals surface area contributed by atoms with Gasteiger partial charge in [-0.1, -0.05) is 84.0 Å². The Kier molecular flexibility index (Phi) is 14.4. The van der Waals surface area contributed by atoms with Gasteiger partial charge in [0.1, 0.15) is 0 Å². The van der Waals surface area contributed by atoms with Crippen LogP contribution >= 0.6 is 0 Å². The summed E-state index contributed by atoms with van der Waals surface area (Å²) >= 11 is 0. The van der Waals surface area contributed by atoms with Gasteiger partial charge in [0, 0.05) is 13.5 Å². The Labute approximate surface area is 126 Å². The van der Waals surface area contributed by atoms with Crippen LogP contribution in [0.5, 0.6) is 0 Å². The summed E-state index contributed by atoms with van der Waals surface area (Å²) in [6, 6.07) is 0. The Morgan fingerprint density at radius 3 is 1.45 bits per heavy atom. The van der Waals surface area contributed by atoms with Gasteiger partial charge in [-0.05, 0) is 6.42 Å². The first kappa shape index (κ1) is 19.4. The third kappa shape index (κ3) is 13.9. The predicted molar refractivity (Wildman–Crippen MR) is 87.3 cm³/mol. The molecule has 3 heteroatoms. The van der Waals surface area contributed by atoms with Crippen LogP contribution < -0.4 is 5.84 Å². The van der Waals surface area contributed by atoms with Crippen molar-refractivity contribution in [1.82, 2.24) is 5.01 Å². The van der Waals surface area contributed by atoms with Crippen molar-refractivity contribution in [1.29, 1.82) is 0 Å². The van der Waals surface area contributed by atoms with Crippen LogP contribution in [-0.2, 0) is 4.79 Å². The van der Waals surface area contributed by atoms with Crippen molar-refractivity contribution in [3.63, 3.8) is 0 Å². The third-order valence-electron chi connectivity index (χ3n) is 3.89. The molecule has 0 heterocycles. The molecule has 0 atom stereocenters. The van der Waals surface area contributed by atoms with Crippen LogP contribution in [0.15, 0.2) is 0 Å². The highest BCUT2D eigenvalue weighted by Crippen LogP contribution is 2.12. The molecule has 0 fully saturated rings. The van der Waals surface area contributed by atoms with E-state index in [4.69, 9.17) is 5.84 Å². The summed E-state index contributed by atoms with van der Waals surface area (Å²) in [7, 11) is 1.62. The van der Waals surface area contributed by atoms with Gasteiger partial charge in [0.2, 0.25) is 5.91 Å². The number of hydrogen-bond acceptors (Lipinski definition) is 2. The van der Waals surface area contributed by atoms with E-state index in [1.165, 1.54) is 75.6 Å². The van der Waals surface area contributed by atoms with Crippen molar-refractivity contribution in [3.05, 3.63) is 0 Å². The number of nitrogens with two attached hydrogens (primary N) is 1. The average molecular weight is 284 g/mol. The van der Waals surface area contributed by atoms with Crippen molar-refractivity contribution in [3.8, 4) is 0 Å². The van der Waals surface area contributed by atoms with Crippen LogP contribution in [0.1, 0.15) is 96.8 Å². The number of hydrogen-bond donors (Lipinski definition) is 1. The minimum atomic E-state index is 0.0491. The van der Waals surface area contributed by atoms with Crippen LogP contribution in [0.2, 0.25) is 0 Å². The topological polar surface area (TPSA) is 46.3 Å². The SMILES string of the molecule is CCCCCCCCCCCCCCCC(=O)N(C)N. The van der Waals surface area contributed by atoms with Gasteiger partial charge in [0.25, 0.3) is 0 Å². The van der Waals surface area contributed by atoms with Gasteiger partial charge >= 0.3 is 0 Å². The number of rotatable bonds is 14. The Balaban J connectivity index is 3.04. The lowest BCUT2D eigenvalue weighted by Crippen LogP contribution is -2.32. The van der Waals surface area contributed by atoms with E-state index in [9.17, 15) is 4.79 Å². The molecule has 0 rings (SSSR count). The first-order valence-electron chi connectivity index (χ1n) is 8.69. The smallest absolute Gasteiger partial charge is 0.236 e. The fourth-order valence-electron chi connectivity index (χ4n) is 2.47. The van der Waals surface area contributed by atoms with E-state index < -0.39 is 0 Å². The summed E-state index contributed by atoms with van der Waals surface area (Å²) in [5.41, 5.74) is 0.